The van der Waals surface area contributed by atoms with Crippen LogP contribution in [-0.4, -0.2) is 41.6 Å². The summed E-state index contributed by atoms with van der Waals surface area (Å²) in [6, 6.07) is 0. The number of rotatable bonds is 2. The van der Waals surface area contributed by atoms with E-state index in [9.17, 15) is 0 Å². The number of hydrogen-bond acceptors (Lipinski definition) is 12. The molecule has 0 unspecified atom stereocenters. The fraction of sp³-hybridized carbons (Fsp3) is 0.429. The molecular weight excluding hydrogens is 397 g/mol. The second kappa shape index (κ2) is 398. The molecule has 0 aliphatic rings. The molecule has 0 bridgehead atoms. The van der Waals surface area contributed by atoms with Gasteiger partial charge in [0, 0.05) is 0 Å². The van der Waals surface area contributed by atoms with Gasteiger partial charge in [0.15, 0.2) is 0 Å². The van der Waals surface area contributed by atoms with Gasteiger partial charge in [-0.1, -0.05) is 22.3 Å². The van der Waals surface area contributed by atoms with E-state index in [1.807, 2.05) is 0 Å². The smallest absolute Gasteiger partial charge is 1.00 e. The van der Waals surface area contributed by atoms with Crippen LogP contribution in [0.1, 0.15) is 25.1 Å². The van der Waals surface area contributed by atoms with Crippen LogP contribution < -0.4 is 126 Å². The molecule has 0 heterocycles. The van der Waals surface area contributed by atoms with Crippen molar-refractivity contribution in [3.05, 3.63) is 0 Å². The molecule has 0 rings (SSSR count). The van der Waals surface area contributed by atoms with Crippen LogP contribution in [0.5, 0.6) is 0 Å². The second-order valence-corrected chi connectivity index (χ2v) is 0.574. The zero-order valence-corrected chi connectivity index (χ0v) is 17.9. The van der Waals surface area contributed by atoms with Gasteiger partial charge in [0.05, 0.1) is 0 Å². The van der Waals surface area contributed by atoms with Crippen molar-refractivity contribution < 1.29 is 165 Å². The van der Waals surface area contributed by atoms with Gasteiger partial charge in [0.1, 0.15) is 0 Å². The summed E-state index contributed by atoms with van der Waals surface area (Å²) < 4.78 is 0. The molecular formula is C7H32FLi2N3Na2O12. The third kappa shape index (κ3) is 2330. The first-order valence-corrected chi connectivity index (χ1v) is 2.18. The second-order valence-electron chi connectivity index (χ2n) is 0.574. The van der Waals surface area contributed by atoms with Crippen LogP contribution in [0.25, 0.3) is 0 Å². The molecule has 0 spiro atoms. The van der Waals surface area contributed by atoms with Crippen molar-refractivity contribution >= 4 is 25.6 Å². The fourth-order valence-corrected chi connectivity index (χ4v) is 0. The standard InChI is InChI=1S/2CH2O3.CH2O2.CO2.3CH4.FH.2Li.3H3N.2Na.2H2O.2H/c2*2-1-4-3;2*2-1-3;;;;;;;;;;;;;;;/h2*1,3H;1H,(H,2,3);;3*1H4;1H;;;3*1H3;;;2*1H2;;/q;;;;;;;;2*+1;;;;2*+1;;;2*-1/p-2. The molecule has 0 aromatic heterocycles. The van der Waals surface area contributed by atoms with Crippen LogP contribution >= 0.6 is 0 Å². The van der Waals surface area contributed by atoms with Crippen molar-refractivity contribution in [2.75, 3.05) is 0 Å². The maximum absolute atomic E-state index is 8.64. The first-order valence-electron chi connectivity index (χ1n) is 2.18. The summed E-state index contributed by atoms with van der Waals surface area (Å²) in [5.41, 5.74) is 0. The van der Waals surface area contributed by atoms with E-state index in [0.717, 1.165) is 0 Å². The van der Waals surface area contributed by atoms with Gasteiger partial charge in [0.25, 0.3) is 19.4 Å². The van der Waals surface area contributed by atoms with Gasteiger partial charge in [-0.05, 0) is 0 Å². The number of carbonyl (C=O) groups excluding carboxylic acids is 4. The van der Waals surface area contributed by atoms with E-state index in [-0.39, 0.29) is 182 Å². The minimum Gasteiger partial charge on any atom is -1.00 e. The summed E-state index contributed by atoms with van der Waals surface area (Å²) in [6.07, 6.45) is 0.250. The predicted octanol–water partition coefficient (Wildman–Crippen LogP) is -14.9. The van der Waals surface area contributed by atoms with Gasteiger partial charge < -0.3 is 57.7 Å². The summed E-state index contributed by atoms with van der Waals surface area (Å²) in [7, 11) is 0. The van der Waals surface area contributed by atoms with E-state index in [1.165, 1.54) is 0 Å². The normalized spacial score (nSPS) is 2.30. The Morgan fingerprint density at radius 2 is 0.815 bits per heavy atom. The molecule has 15 nitrogen and oxygen atoms in total. The Labute approximate surface area is 229 Å². The van der Waals surface area contributed by atoms with Crippen molar-refractivity contribution in [2.45, 2.75) is 22.3 Å². The Balaban J connectivity index is -0.00000000232. The van der Waals surface area contributed by atoms with Gasteiger partial charge in [0.2, 0.25) is 0 Å². The van der Waals surface area contributed by atoms with Gasteiger partial charge in [-0.2, -0.15) is 9.59 Å². The van der Waals surface area contributed by atoms with Crippen molar-refractivity contribution in [2.24, 2.45) is 0 Å². The molecule has 14 N–H and O–H groups in total. The predicted molar refractivity (Wildman–Crippen MR) is 75.2 cm³/mol. The Morgan fingerprint density at radius 3 is 0.815 bits per heavy atom. The molecule has 0 fully saturated rings. The Hall–Kier alpha value is 0.635. The first-order chi connectivity index (χ1) is 6.66. The summed E-state index contributed by atoms with van der Waals surface area (Å²) in [4.78, 5) is 47.1. The summed E-state index contributed by atoms with van der Waals surface area (Å²) in [5.74, 6) is 0. The molecule has 0 radical (unpaired) electrons. The van der Waals surface area contributed by atoms with E-state index < -0.39 is 0 Å². The number of carboxylic acid groups (broad SMARTS) is 1. The monoisotopic (exact) mass is 429 g/mol. The van der Waals surface area contributed by atoms with Crippen molar-refractivity contribution in [3.8, 4) is 0 Å². The Morgan fingerprint density at radius 1 is 0.778 bits per heavy atom. The average molecular weight is 429 g/mol. The van der Waals surface area contributed by atoms with Crippen molar-refractivity contribution in [3.63, 3.8) is 0 Å². The van der Waals surface area contributed by atoms with E-state index in [0.29, 0.717) is 0 Å². The van der Waals surface area contributed by atoms with Crippen LogP contribution in [0.2, 0.25) is 0 Å². The van der Waals surface area contributed by atoms with E-state index in [1.54, 1.807) is 0 Å². The number of carbonyl (C=O) groups is 3. The Bertz CT molecular complexity index is 182. The van der Waals surface area contributed by atoms with E-state index >= 15 is 0 Å². The maximum atomic E-state index is 8.64. The fourth-order valence-electron chi connectivity index (χ4n) is 0. The molecule has 0 amide bonds. The quantitative estimate of drug-likeness (QED) is 0.137. The third-order valence-corrected chi connectivity index (χ3v) is 0.0786. The summed E-state index contributed by atoms with van der Waals surface area (Å²) in [5, 5.41) is 23.8. The van der Waals surface area contributed by atoms with E-state index in [2.05, 4.69) is 9.78 Å². The molecule has 0 saturated heterocycles. The van der Waals surface area contributed by atoms with E-state index in [4.69, 9.17) is 39.6 Å². The van der Waals surface area contributed by atoms with Crippen LogP contribution in [0, 0.1) is 0 Å². The summed E-state index contributed by atoms with van der Waals surface area (Å²) >= 11 is 0. The van der Waals surface area contributed by atoms with Gasteiger partial charge in [-0.25, -0.2) is 0 Å². The molecule has 0 saturated carbocycles. The molecule has 0 aromatic rings. The number of halogens is 1. The average Bonchev–Trinajstić information content (AvgIpc) is 2.20. The SMILES string of the molecule is C.C.C.F.N.N.N.O.O.O=C=O.O=CO.O=CO[O-].O=CO[O-].[H-].[H-].[Li+].[Li+].[Na+].[Na+]. The minimum atomic E-state index is -0.250. The topological polar surface area (TPSA) is 338 Å². The zero-order chi connectivity index (χ0) is 12.2. The molecule has 0 aliphatic heterocycles. The molecule has 0 atom stereocenters. The molecule has 20 heteroatoms. The van der Waals surface area contributed by atoms with Crippen LogP contribution in [0.3, 0.4) is 0 Å². The van der Waals surface area contributed by atoms with Crippen LogP contribution in [0.15, 0.2) is 0 Å². The van der Waals surface area contributed by atoms with Crippen LogP contribution in [0.4, 0.5) is 4.70 Å². The largest absolute Gasteiger partial charge is 1.00 e. The third-order valence-electron chi connectivity index (χ3n) is 0.0786. The van der Waals surface area contributed by atoms with Gasteiger partial charge in [-0.3, -0.25) is 19.1 Å². The molecule has 158 valence electrons. The Kier molecular flexibility index (Phi) is 2550. The van der Waals surface area contributed by atoms with Crippen molar-refractivity contribution in [1.29, 1.82) is 0 Å². The molecule has 0 aromatic carbocycles. The maximum Gasteiger partial charge on any atom is 1.00 e. The zero-order valence-electron chi connectivity index (χ0n) is 15.9. The molecule has 0 aliphatic carbocycles. The summed E-state index contributed by atoms with van der Waals surface area (Å²) in [6.45, 7) is -0.611. The van der Waals surface area contributed by atoms with Crippen LogP contribution in [-0.2, 0) is 33.7 Å². The first kappa shape index (κ1) is 173. The van der Waals surface area contributed by atoms with Gasteiger partial charge >= 0.3 is 103 Å². The van der Waals surface area contributed by atoms with Crippen molar-refractivity contribution in [1.82, 2.24) is 18.5 Å². The molecule has 27 heavy (non-hydrogen) atoms. The van der Waals surface area contributed by atoms with Gasteiger partial charge in [-0.15, -0.1) is 0 Å². The minimum absolute atomic E-state index is 0. The number of hydrogen-bond donors (Lipinski definition) is 4.